The van der Waals surface area contributed by atoms with E-state index in [1.807, 2.05) is 0 Å². The van der Waals surface area contributed by atoms with Crippen molar-refractivity contribution < 1.29 is 4.79 Å². The molecule has 1 aromatic heterocycles. The Hall–Kier alpha value is -2.30. The maximum absolute atomic E-state index is 12.4. The predicted molar refractivity (Wildman–Crippen MR) is 88.0 cm³/mol. The summed E-state index contributed by atoms with van der Waals surface area (Å²) in [5.41, 5.74) is 1.56. The molecule has 0 aliphatic carbocycles. The zero-order valence-corrected chi connectivity index (χ0v) is 12.8. The summed E-state index contributed by atoms with van der Waals surface area (Å²) in [6.45, 7) is 0. The van der Waals surface area contributed by atoms with Gasteiger partial charge in [0.05, 0.1) is 21.3 Å². The van der Waals surface area contributed by atoms with Crippen molar-refractivity contribution in [3.63, 3.8) is 0 Å². The highest BCUT2D eigenvalue weighted by Crippen LogP contribution is 2.28. The number of aromatic nitrogens is 2. The fraction of sp³-hybridized carbons (Fsp3) is 0. The molecule has 0 saturated carbocycles. The first kappa shape index (κ1) is 14.6. The normalized spacial score (nSPS) is 10.5. The summed E-state index contributed by atoms with van der Waals surface area (Å²) in [5.74, 6) is -0.304. The molecule has 0 bridgehead atoms. The molecule has 0 atom stereocenters. The molecule has 0 aliphatic rings. The standard InChI is InChI=1S/C16H11Cl2N3O/c17-12-6-2-1-5-11(12)16(22)20-14-8-3-7-13(18)15(14)21-10-4-9-19-21/h1-10H,(H,20,22). The van der Waals surface area contributed by atoms with Crippen LogP contribution in [0.15, 0.2) is 60.9 Å². The van der Waals surface area contributed by atoms with Crippen LogP contribution in [0.25, 0.3) is 5.69 Å². The van der Waals surface area contributed by atoms with E-state index in [1.165, 1.54) is 0 Å². The summed E-state index contributed by atoms with van der Waals surface area (Å²) < 4.78 is 1.60. The third kappa shape index (κ3) is 2.84. The maximum atomic E-state index is 12.4. The van der Waals surface area contributed by atoms with Gasteiger partial charge >= 0.3 is 0 Å². The van der Waals surface area contributed by atoms with Crippen molar-refractivity contribution in [2.45, 2.75) is 0 Å². The number of benzene rings is 2. The van der Waals surface area contributed by atoms with E-state index in [1.54, 1.807) is 65.6 Å². The van der Waals surface area contributed by atoms with Gasteiger partial charge in [-0.15, -0.1) is 0 Å². The molecule has 1 heterocycles. The molecule has 3 rings (SSSR count). The van der Waals surface area contributed by atoms with Gasteiger partial charge in [0.15, 0.2) is 0 Å². The molecular weight excluding hydrogens is 321 g/mol. The first-order chi connectivity index (χ1) is 10.7. The quantitative estimate of drug-likeness (QED) is 0.771. The average molecular weight is 332 g/mol. The van der Waals surface area contributed by atoms with Crippen molar-refractivity contribution in [1.29, 1.82) is 0 Å². The number of nitrogens with one attached hydrogen (secondary N) is 1. The highest BCUT2D eigenvalue weighted by atomic mass is 35.5. The number of para-hydroxylation sites is 1. The van der Waals surface area contributed by atoms with Crippen molar-refractivity contribution in [3.05, 3.63) is 76.5 Å². The number of hydrogen-bond donors (Lipinski definition) is 1. The van der Waals surface area contributed by atoms with Crippen molar-refractivity contribution in [2.75, 3.05) is 5.32 Å². The van der Waals surface area contributed by atoms with E-state index in [4.69, 9.17) is 23.2 Å². The van der Waals surface area contributed by atoms with E-state index in [0.717, 1.165) is 0 Å². The average Bonchev–Trinajstić information content (AvgIpc) is 3.01. The van der Waals surface area contributed by atoms with Crippen LogP contribution >= 0.6 is 23.2 Å². The van der Waals surface area contributed by atoms with Crippen LogP contribution in [0.5, 0.6) is 0 Å². The second-order valence-corrected chi connectivity index (χ2v) is 5.34. The van der Waals surface area contributed by atoms with Gasteiger partial charge in [0.1, 0.15) is 5.69 Å². The van der Waals surface area contributed by atoms with Gasteiger partial charge in [0, 0.05) is 12.4 Å². The van der Waals surface area contributed by atoms with Gasteiger partial charge in [-0.3, -0.25) is 4.79 Å². The van der Waals surface area contributed by atoms with Crippen molar-refractivity contribution >= 4 is 34.8 Å². The summed E-state index contributed by atoms with van der Waals surface area (Å²) in [6.07, 6.45) is 3.40. The number of hydrogen-bond acceptors (Lipinski definition) is 2. The second kappa shape index (κ2) is 6.22. The predicted octanol–water partition coefficient (Wildman–Crippen LogP) is 4.43. The molecule has 0 saturated heterocycles. The highest BCUT2D eigenvalue weighted by molar-refractivity contribution is 6.35. The zero-order chi connectivity index (χ0) is 15.5. The Morgan fingerprint density at radius 2 is 1.77 bits per heavy atom. The zero-order valence-electron chi connectivity index (χ0n) is 11.3. The van der Waals surface area contributed by atoms with Crippen molar-refractivity contribution in [3.8, 4) is 5.69 Å². The molecule has 22 heavy (non-hydrogen) atoms. The van der Waals surface area contributed by atoms with Crippen LogP contribution in [0.1, 0.15) is 10.4 Å². The summed E-state index contributed by atoms with van der Waals surface area (Å²) in [7, 11) is 0. The summed E-state index contributed by atoms with van der Waals surface area (Å²) in [6, 6.07) is 13.9. The number of nitrogens with zero attached hydrogens (tertiary/aromatic N) is 2. The topological polar surface area (TPSA) is 46.9 Å². The minimum absolute atomic E-state index is 0.304. The van der Waals surface area contributed by atoms with Gasteiger partial charge in [0.25, 0.3) is 5.91 Å². The van der Waals surface area contributed by atoms with Crippen LogP contribution in [-0.4, -0.2) is 15.7 Å². The lowest BCUT2D eigenvalue weighted by Crippen LogP contribution is -2.14. The molecule has 0 aliphatic heterocycles. The van der Waals surface area contributed by atoms with Gasteiger partial charge in [-0.2, -0.15) is 5.10 Å². The van der Waals surface area contributed by atoms with Gasteiger partial charge < -0.3 is 5.32 Å². The van der Waals surface area contributed by atoms with Gasteiger partial charge in [-0.25, -0.2) is 4.68 Å². The van der Waals surface area contributed by atoms with Crippen LogP contribution in [0, 0.1) is 0 Å². The number of anilines is 1. The molecule has 0 spiro atoms. The third-order valence-electron chi connectivity index (χ3n) is 3.09. The van der Waals surface area contributed by atoms with E-state index < -0.39 is 0 Å². The third-order valence-corrected chi connectivity index (χ3v) is 3.72. The molecule has 0 fully saturated rings. The number of carbonyl (C=O) groups is 1. The molecule has 3 aromatic rings. The van der Waals surface area contributed by atoms with Crippen LogP contribution in [0.4, 0.5) is 5.69 Å². The highest BCUT2D eigenvalue weighted by Gasteiger charge is 2.15. The van der Waals surface area contributed by atoms with E-state index in [-0.39, 0.29) is 5.91 Å². The van der Waals surface area contributed by atoms with Crippen molar-refractivity contribution in [2.24, 2.45) is 0 Å². The lowest BCUT2D eigenvalue weighted by Gasteiger charge is -2.13. The van der Waals surface area contributed by atoms with E-state index in [0.29, 0.717) is 27.0 Å². The molecule has 1 amide bonds. The smallest absolute Gasteiger partial charge is 0.257 e. The Labute approximate surface area is 137 Å². The number of amides is 1. The molecule has 0 radical (unpaired) electrons. The largest absolute Gasteiger partial charge is 0.320 e. The molecular formula is C16H11Cl2N3O. The molecule has 1 N–H and O–H groups in total. The molecule has 6 heteroatoms. The van der Waals surface area contributed by atoms with Crippen molar-refractivity contribution in [1.82, 2.24) is 9.78 Å². The Balaban J connectivity index is 1.98. The van der Waals surface area contributed by atoms with Gasteiger partial charge in [-0.1, -0.05) is 41.4 Å². The Morgan fingerprint density at radius 1 is 1.00 bits per heavy atom. The second-order valence-electron chi connectivity index (χ2n) is 4.52. The summed E-state index contributed by atoms with van der Waals surface area (Å²) in [4.78, 5) is 12.4. The number of carbonyl (C=O) groups excluding carboxylic acids is 1. The Kier molecular flexibility index (Phi) is 4.13. The molecule has 4 nitrogen and oxygen atoms in total. The van der Waals surface area contributed by atoms with Crippen LogP contribution in [0.3, 0.4) is 0 Å². The lowest BCUT2D eigenvalue weighted by atomic mass is 10.2. The first-order valence-electron chi connectivity index (χ1n) is 6.51. The van der Waals surface area contributed by atoms with E-state index in [2.05, 4.69) is 10.4 Å². The maximum Gasteiger partial charge on any atom is 0.257 e. The van der Waals surface area contributed by atoms with E-state index >= 15 is 0 Å². The monoisotopic (exact) mass is 331 g/mol. The van der Waals surface area contributed by atoms with E-state index in [9.17, 15) is 4.79 Å². The SMILES string of the molecule is O=C(Nc1cccc(Cl)c1-n1cccn1)c1ccccc1Cl. The van der Waals surface area contributed by atoms with Gasteiger partial charge in [-0.05, 0) is 30.3 Å². The Morgan fingerprint density at radius 3 is 2.50 bits per heavy atom. The lowest BCUT2D eigenvalue weighted by molar-refractivity contribution is 0.102. The minimum Gasteiger partial charge on any atom is -0.320 e. The van der Waals surface area contributed by atoms with Crippen LogP contribution in [0.2, 0.25) is 10.0 Å². The Bertz CT molecular complexity index is 816. The summed E-state index contributed by atoms with van der Waals surface area (Å²) in [5, 5.41) is 7.87. The first-order valence-corrected chi connectivity index (χ1v) is 7.27. The van der Waals surface area contributed by atoms with Gasteiger partial charge in [0.2, 0.25) is 0 Å². The van der Waals surface area contributed by atoms with Crippen LogP contribution < -0.4 is 5.32 Å². The number of halogens is 2. The fourth-order valence-corrected chi connectivity index (χ4v) is 2.57. The molecule has 110 valence electrons. The molecule has 2 aromatic carbocycles. The minimum atomic E-state index is -0.304. The number of rotatable bonds is 3. The molecule has 0 unspecified atom stereocenters. The summed E-state index contributed by atoms with van der Waals surface area (Å²) >= 11 is 12.3. The fourth-order valence-electron chi connectivity index (χ4n) is 2.09. The van der Waals surface area contributed by atoms with Crippen LogP contribution in [-0.2, 0) is 0 Å².